The molecule has 11 heavy (non-hydrogen) atoms. The van der Waals surface area contributed by atoms with Gasteiger partial charge >= 0.3 is 0 Å². The van der Waals surface area contributed by atoms with Gasteiger partial charge in [0.2, 0.25) is 5.91 Å². The Kier molecular flexibility index (Phi) is 5.65. The van der Waals surface area contributed by atoms with E-state index in [1.54, 1.807) is 0 Å². The fourth-order valence-corrected chi connectivity index (χ4v) is 0.981. The lowest BCUT2D eigenvalue weighted by Gasteiger charge is -1.95. The first-order valence-corrected chi connectivity index (χ1v) is 4.42. The molecular formula is C8H13NOS. The molecule has 0 aromatic heterocycles. The third-order valence-corrected chi connectivity index (χ3v) is 1.87. The Hall–Kier alpha value is -0.700. The highest BCUT2D eigenvalue weighted by atomic mass is 32.2. The van der Waals surface area contributed by atoms with Crippen molar-refractivity contribution < 1.29 is 4.79 Å². The van der Waals surface area contributed by atoms with E-state index in [1.165, 1.54) is 11.8 Å². The lowest BCUT2D eigenvalue weighted by Crippen LogP contribution is -2.12. The van der Waals surface area contributed by atoms with Crippen LogP contribution in [-0.2, 0) is 4.79 Å². The van der Waals surface area contributed by atoms with Gasteiger partial charge in [0.25, 0.3) is 0 Å². The number of hydrogen-bond acceptors (Lipinski definition) is 2. The van der Waals surface area contributed by atoms with Crippen LogP contribution in [0.3, 0.4) is 0 Å². The maximum Gasteiger partial charge on any atom is 0.227 e. The van der Waals surface area contributed by atoms with E-state index in [1.807, 2.05) is 19.1 Å². The van der Waals surface area contributed by atoms with Crippen LogP contribution in [0.5, 0.6) is 0 Å². The SMILES string of the molecule is C=C(/C=C\CC)SCC(N)=O. The van der Waals surface area contributed by atoms with Crippen molar-refractivity contribution in [3.05, 3.63) is 23.6 Å². The van der Waals surface area contributed by atoms with E-state index in [-0.39, 0.29) is 5.91 Å². The quantitative estimate of drug-likeness (QED) is 0.639. The van der Waals surface area contributed by atoms with Crippen molar-refractivity contribution in [1.29, 1.82) is 0 Å². The summed E-state index contributed by atoms with van der Waals surface area (Å²) in [4.78, 5) is 11.2. The lowest BCUT2D eigenvalue weighted by molar-refractivity contribution is -0.115. The molecule has 62 valence electrons. The van der Waals surface area contributed by atoms with Gasteiger partial charge in [-0.25, -0.2) is 0 Å². The monoisotopic (exact) mass is 171 g/mol. The zero-order valence-electron chi connectivity index (χ0n) is 6.67. The molecule has 0 saturated heterocycles. The minimum Gasteiger partial charge on any atom is -0.369 e. The van der Waals surface area contributed by atoms with Crippen molar-refractivity contribution in [3.8, 4) is 0 Å². The van der Waals surface area contributed by atoms with E-state index < -0.39 is 0 Å². The number of carbonyl (C=O) groups is 1. The van der Waals surface area contributed by atoms with Crippen molar-refractivity contribution in [2.24, 2.45) is 5.73 Å². The average Bonchev–Trinajstić information content (AvgIpc) is 1.97. The number of nitrogens with two attached hydrogens (primary N) is 1. The third kappa shape index (κ3) is 7.19. The summed E-state index contributed by atoms with van der Waals surface area (Å²) in [5, 5.41) is 0. The number of rotatable bonds is 5. The molecule has 2 N–H and O–H groups in total. The maximum atomic E-state index is 10.3. The van der Waals surface area contributed by atoms with Crippen LogP contribution in [0.25, 0.3) is 0 Å². The normalized spacial score (nSPS) is 10.3. The molecule has 0 radical (unpaired) electrons. The molecule has 0 aromatic carbocycles. The van der Waals surface area contributed by atoms with Gasteiger partial charge < -0.3 is 5.73 Å². The molecule has 3 heteroatoms. The molecule has 0 spiro atoms. The summed E-state index contributed by atoms with van der Waals surface area (Å²) in [7, 11) is 0. The second kappa shape index (κ2) is 6.04. The molecule has 0 aromatic rings. The number of primary amides is 1. The number of hydrogen-bond donors (Lipinski definition) is 1. The maximum absolute atomic E-state index is 10.3. The molecule has 0 unspecified atom stereocenters. The molecule has 0 aliphatic heterocycles. The van der Waals surface area contributed by atoms with Crippen LogP contribution in [0.4, 0.5) is 0 Å². The first-order valence-electron chi connectivity index (χ1n) is 3.43. The molecule has 0 bridgehead atoms. The van der Waals surface area contributed by atoms with Crippen LogP contribution in [0.15, 0.2) is 23.6 Å². The first kappa shape index (κ1) is 10.3. The smallest absolute Gasteiger partial charge is 0.227 e. The highest BCUT2D eigenvalue weighted by Crippen LogP contribution is 2.13. The van der Waals surface area contributed by atoms with Crippen molar-refractivity contribution in [2.75, 3.05) is 5.75 Å². The first-order chi connectivity index (χ1) is 5.16. The lowest BCUT2D eigenvalue weighted by atomic mass is 10.4. The summed E-state index contributed by atoms with van der Waals surface area (Å²) in [6.45, 7) is 5.78. The van der Waals surface area contributed by atoms with Crippen LogP contribution >= 0.6 is 11.8 Å². The van der Waals surface area contributed by atoms with Gasteiger partial charge in [-0.1, -0.05) is 25.7 Å². The van der Waals surface area contributed by atoms with Crippen molar-refractivity contribution in [1.82, 2.24) is 0 Å². The van der Waals surface area contributed by atoms with E-state index in [0.717, 1.165) is 11.3 Å². The van der Waals surface area contributed by atoms with Gasteiger partial charge in [-0.3, -0.25) is 4.79 Å². The standard InChI is InChI=1S/C8H13NOS/c1-3-4-5-7(2)11-6-8(9)10/h4-5H,2-3,6H2,1H3,(H2,9,10)/b5-4-. The van der Waals surface area contributed by atoms with Gasteiger partial charge in [0, 0.05) is 4.91 Å². The Bertz CT molecular complexity index is 175. The van der Waals surface area contributed by atoms with E-state index in [0.29, 0.717) is 5.75 Å². The summed E-state index contributed by atoms with van der Waals surface area (Å²) in [6, 6.07) is 0. The fraction of sp³-hybridized carbons (Fsp3) is 0.375. The fourth-order valence-electron chi connectivity index (χ4n) is 0.461. The minimum atomic E-state index is -0.305. The summed E-state index contributed by atoms with van der Waals surface area (Å²) >= 11 is 1.37. The van der Waals surface area contributed by atoms with Crippen LogP contribution in [-0.4, -0.2) is 11.7 Å². The van der Waals surface area contributed by atoms with Gasteiger partial charge in [-0.05, 0) is 6.42 Å². The number of thioether (sulfide) groups is 1. The summed E-state index contributed by atoms with van der Waals surface area (Å²) in [6.07, 6.45) is 4.88. The Balaban J connectivity index is 3.53. The van der Waals surface area contributed by atoms with E-state index in [9.17, 15) is 4.79 Å². The van der Waals surface area contributed by atoms with E-state index in [4.69, 9.17) is 5.73 Å². The number of carbonyl (C=O) groups excluding carboxylic acids is 1. The highest BCUT2D eigenvalue weighted by molar-refractivity contribution is 8.03. The van der Waals surface area contributed by atoms with E-state index >= 15 is 0 Å². The molecule has 0 heterocycles. The van der Waals surface area contributed by atoms with Crippen molar-refractivity contribution in [3.63, 3.8) is 0 Å². The molecule has 0 saturated carbocycles. The third-order valence-electron chi connectivity index (χ3n) is 0.939. The number of amides is 1. The minimum absolute atomic E-state index is 0.305. The Labute approximate surface area is 71.5 Å². The molecule has 0 aliphatic rings. The molecule has 0 atom stereocenters. The number of allylic oxidation sites excluding steroid dienone is 2. The molecular weight excluding hydrogens is 158 g/mol. The zero-order valence-corrected chi connectivity index (χ0v) is 7.49. The highest BCUT2D eigenvalue weighted by Gasteiger charge is 1.94. The Morgan fingerprint density at radius 2 is 2.36 bits per heavy atom. The van der Waals surface area contributed by atoms with Crippen LogP contribution in [0.1, 0.15) is 13.3 Å². The Morgan fingerprint density at radius 3 is 2.82 bits per heavy atom. The largest absolute Gasteiger partial charge is 0.369 e. The van der Waals surface area contributed by atoms with Crippen molar-refractivity contribution in [2.45, 2.75) is 13.3 Å². The second-order valence-corrected chi connectivity index (χ2v) is 3.13. The summed E-state index contributed by atoms with van der Waals surface area (Å²) < 4.78 is 0. The van der Waals surface area contributed by atoms with Gasteiger partial charge in [0.05, 0.1) is 5.75 Å². The summed E-state index contributed by atoms with van der Waals surface area (Å²) in [5.74, 6) is 0.00780. The predicted molar refractivity (Wildman–Crippen MR) is 50.2 cm³/mol. The molecule has 2 nitrogen and oxygen atoms in total. The zero-order chi connectivity index (χ0) is 8.69. The van der Waals surface area contributed by atoms with Crippen molar-refractivity contribution >= 4 is 17.7 Å². The predicted octanol–water partition coefficient (Wildman–Crippen LogP) is 1.68. The second-order valence-electron chi connectivity index (χ2n) is 2.03. The van der Waals surface area contributed by atoms with E-state index in [2.05, 4.69) is 6.58 Å². The van der Waals surface area contributed by atoms with Gasteiger partial charge in [0.1, 0.15) is 0 Å². The average molecular weight is 171 g/mol. The van der Waals surface area contributed by atoms with Crippen LogP contribution < -0.4 is 5.73 Å². The van der Waals surface area contributed by atoms with Crippen LogP contribution in [0, 0.1) is 0 Å². The molecule has 1 amide bonds. The van der Waals surface area contributed by atoms with Gasteiger partial charge in [0.15, 0.2) is 0 Å². The topological polar surface area (TPSA) is 43.1 Å². The van der Waals surface area contributed by atoms with Gasteiger partial charge in [-0.2, -0.15) is 0 Å². The molecule has 0 rings (SSSR count). The van der Waals surface area contributed by atoms with Crippen LogP contribution in [0.2, 0.25) is 0 Å². The Morgan fingerprint density at radius 1 is 1.73 bits per heavy atom. The molecule has 0 aliphatic carbocycles. The van der Waals surface area contributed by atoms with Gasteiger partial charge in [-0.15, -0.1) is 11.8 Å². The molecule has 0 fully saturated rings. The summed E-state index contributed by atoms with van der Waals surface area (Å²) in [5.41, 5.74) is 4.94.